The van der Waals surface area contributed by atoms with E-state index in [2.05, 4.69) is 5.32 Å². The Labute approximate surface area is 255 Å². The lowest BCUT2D eigenvalue weighted by Gasteiger charge is -2.34. The second-order valence-corrected chi connectivity index (χ2v) is 12.8. The second-order valence-electron chi connectivity index (χ2n) is 9.23. The molecule has 0 fully saturated rings. The maximum Gasteiger partial charge on any atom is 0.264 e. The first-order valence-electron chi connectivity index (χ1n) is 12.4. The molecule has 0 spiro atoms. The zero-order chi connectivity index (χ0) is 29.6. The molecular weight excluding hydrogens is 616 g/mol. The van der Waals surface area contributed by atoms with Crippen molar-refractivity contribution < 1.29 is 18.0 Å². The van der Waals surface area contributed by atoms with Crippen LogP contribution in [0.3, 0.4) is 0 Å². The Bertz CT molecular complexity index is 1450. The summed E-state index contributed by atoms with van der Waals surface area (Å²) in [6, 6.07) is 15.8. The second kappa shape index (κ2) is 13.9. The molecular formula is C28H29Cl4N3O4S. The fraction of sp³-hybridized carbons (Fsp3) is 0.286. The Morgan fingerprint density at radius 2 is 1.50 bits per heavy atom. The maximum atomic E-state index is 14.1. The smallest absolute Gasteiger partial charge is 0.264 e. The Hall–Kier alpha value is -2.49. The maximum absolute atomic E-state index is 14.1. The van der Waals surface area contributed by atoms with Gasteiger partial charge in [0.05, 0.1) is 15.6 Å². The third-order valence-corrected chi connectivity index (χ3v) is 9.02. The van der Waals surface area contributed by atoms with Crippen LogP contribution in [0.5, 0.6) is 0 Å². The molecule has 0 aromatic heterocycles. The van der Waals surface area contributed by atoms with E-state index in [-0.39, 0.29) is 34.6 Å². The summed E-state index contributed by atoms with van der Waals surface area (Å²) < 4.78 is 28.6. The molecule has 0 aliphatic carbocycles. The molecule has 1 atom stereocenters. The van der Waals surface area contributed by atoms with Gasteiger partial charge in [-0.3, -0.25) is 13.9 Å². The van der Waals surface area contributed by atoms with E-state index in [0.717, 1.165) is 4.31 Å². The molecule has 0 bridgehead atoms. The van der Waals surface area contributed by atoms with Gasteiger partial charge in [0, 0.05) is 33.2 Å². The molecule has 0 saturated heterocycles. The van der Waals surface area contributed by atoms with Crippen molar-refractivity contribution in [3.8, 4) is 0 Å². The first-order valence-corrected chi connectivity index (χ1v) is 15.4. The van der Waals surface area contributed by atoms with Gasteiger partial charge in [0.25, 0.3) is 10.0 Å². The first kappa shape index (κ1) is 32.0. The number of anilines is 1. The largest absolute Gasteiger partial charge is 0.352 e. The summed E-state index contributed by atoms with van der Waals surface area (Å²) in [4.78, 5) is 28.6. The summed E-state index contributed by atoms with van der Waals surface area (Å²) in [5.74, 6) is -1.05. The van der Waals surface area contributed by atoms with Gasteiger partial charge >= 0.3 is 0 Å². The van der Waals surface area contributed by atoms with Gasteiger partial charge in [0.15, 0.2) is 0 Å². The van der Waals surface area contributed by atoms with Crippen molar-refractivity contribution in [3.05, 3.63) is 92.4 Å². The zero-order valence-corrected chi connectivity index (χ0v) is 25.9. The van der Waals surface area contributed by atoms with Crippen molar-refractivity contribution in [1.82, 2.24) is 10.2 Å². The Morgan fingerprint density at radius 3 is 2.05 bits per heavy atom. The Kier molecular flexibility index (Phi) is 11.1. The van der Waals surface area contributed by atoms with Crippen molar-refractivity contribution >= 4 is 73.9 Å². The molecule has 1 N–H and O–H groups in total. The van der Waals surface area contributed by atoms with E-state index in [9.17, 15) is 18.0 Å². The molecule has 40 heavy (non-hydrogen) atoms. The van der Waals surface area contributed by atoms with Crippen LogP contribution in [0.15, 0.2) is 71.6 Å². The highest BCUT2D eigenvalue weighted by atomic mass is 35.5. The predicted molar refractivity (Wildman–Crippen MR) is 162 cm³/mol. The van der Waals surface area contributed by atoms with E-state index in [1.807, 2.05) is 0 Å². The normalized spacial score (nSPS) is 12.2. The minimum atomic E-state index is -4.27. The van der Waals surface area contributed by atoms with Gasteiger partial charge in [0.2, 0.25) is 11.8 Å². The number of halogens is 4. The van der Waals surface area contributed by atoms with E-state index < -0.39 is 34.4 Å². The molecule has 2 amide bonds. The van der Waals surface area contributed by atoms with Crippen LogP contribution < -0.4 is 9.62 Å². The summed E-state index contributed by atoms with van der Waals surface area (Å²) in [5, 5.41) is 3.77. The van der Waals surface area contributed by atoms with Crippen LogP contribution in [0, 0.1) is 0 Å². The number of hydrogen-bond acceptors (Lipinski definition) is 4. The Morgan fingerprint density at radius 1 is 0.875 bits per heavy atom. The molecule has 0 aliphatic rings. The molecule has 3 rings (SSSR count). The van der Waals surface area contributed by atoms with Crippen LogP contribution in [0.2, 0.25) is 20.1 Å². The lowest BCUT2D eigenvalue weighted by atomic mass is 10.1. The minimum Gasteiger partial charge on any atom is -0.352 e. The number of hydrogen-bond donors (Lipinski definition) is 1. The Balaban J connectivity index is 2.13. The third kappa shape index (κ3) is 7.62. The fourth-order valence-electron chi connectivity index (χ4n) is 4.07. The highest BCUT2D eigenvalue weighted by molar-refractivity contribution is 7.92. The number of nitrogens with zero attached hydrogens (tertiary/aromatic N) is 2. The van der Waals surface area contributed by atoms with Crippen molar-refractivity contribution in [2.45, 2.75) is 50.7 Å². The summed E-state index contributed by atoms with van der Waals surface area (Å²) in [5.41, 5.74) is 0.482. The van der Waals surface area contributed by atoms with Gasteiger partial charge in [-0.25, -0.2) is 8.42 Å². The van der Waals surface area contributed by atoms with Gasteiger partial charge in [-0.05, 0) is 62.7 Å². The van der Waals surface area contributed by atoms with Crippen molar-refractivity contribution in [2.24, 2.45) is 0 Å². The molecule has 0 aliphatic heterocycles. The lowest BCUT2D eigenvalue weighted by Crippen LogP contribution is -2.53. The quantitative estimate of drug-likeness (QED) is 0.248. The summed E-state index contributed by atoms with van der Waals surface area (Å²) in [6.45, 7) is 4.57. The topological polar surface area (TPSA) is 86.8 Å². The summed E-state index contributed by atoms with van der Waals surface area (Å²) in [7, 11) is -4.27. The first-order chi connectivity index (χ1) is 18.9. The standard InChI is InChI=1S/C28H29Cl4N3O4S/c1-4-25(28(37)33-18(2)3)34(16-21-22(30)11-8-12-23(21)31)27(36)17-35(26-14-13-19(29)15-24(26)32)40(38,39)20-9-6-5-7-10-20/h5-15,18,25H,4,16-17H2,1-3H3,(H,33,37)/t25-/m0/s1. The minimum absolute atomic E-state index is 0.0325. The third-order valence-electron chi connectivity index (χ3n) is 6.00. The van der Waals surface area contributed by atoms with Crippen LogP contribution in [0.1, 0.15) is 32.8 Å². The molecule has 7 nitrogen and oxygen atoms in total. The van der Waals surface area contributed by atoms with E-state index in [0.29, 0.717) is 20.6 Å². The molecule has 214 valence electrons. The van der Waals surface area contributed by atoms with Crippen molar-refractivity contribution in [2.75, 3.05) is 10.8 Å². The van der Waals surface area contributed by atoms with Gasteiger partial charge in [-0.1, -0.05) is 77.6 Å². The zero-order valence-electron chi connectivity index (χ0n) is 22.1. The van der Waals surface area contributed by atoms with Crippen LogP contribution in [0.4, 0.5) is 5.69 Å². The van der Waals surface area contributed by atoms with Gasteiger partial charge in [-0.2, -0.15) is 0 Å². The average Bonchev–Trinajstić information content (AvgIpc) is 2.89. The number of carbonyl (C=O) groups excluding carboxylic acids is 2. The van der Waals surface area contributed by atoms with Crippen LogP contribution in [-0.2, 0) is 26.2 Å². The molecule has 12 heteroatoms. The van der Waals surface area contributed by atoms with Gasteiger partial charge in [-0.15, -0.1) is 0 Å². The molecule has 0 saturated carbocycles. The van der Waals surface area contributed by atoms with Crippen LogP contribution >= 0.6 is 46.4 Å². The number of sulfonamides is 1. The monoisotopic (exact) mass is 643 g/mol. The predicted octanol–water partition coefficient (Wildman–Crippen LogP) is 6.83. The highest BCUT2D eigenvalue weighted by Gasteiger charge is 2.35. The molecule has 3 aromatic carbocycles. The SMILES string of the molecule is CC[C@@H](C(=O)NC(C)C)N(Cc1c(Cl)cccc1Cl)C(=O)CN(c1ccc(Cl)cc1Cl)S(=O)(=O)c1ccccc1. The summed E-state index contributed by atoms with van der Waals surface area (Å²) in [6.07, 6.45) is 0.250. The molecule has 0 heterocycles. The summed E-state index contributed by atoms with van der Waals surface area (Å²) >= 11 is 25.3. The lowest BCUT2D eigenvalue weighted by molar-refractivity contribution is -0.140. The number of nitrogens with one attached hydrogen (secondary N) is 1. The van der Waals surface area contributed by atoms with E-state index >= 15 is 0 Å². The van der Waals surface area contributed by atoms with Gasteiger partial charge < -0.3 is 10.2 Å². The fourth-order valence-corrected chi connectivity index (χ4v) is 6.60. The number of carbonyl (C=O) groups is 2. The van der Waals surface area contributed by atoms with Gasteiger partial charge in [0.1, 0.15) is 12.6 Å². The number of benzene rings is 3. The van der Waals surface area contributed by atoms with E-state index in [4.69, 9.17) is 46.4 Å². The molecule has 3 aromatic rings. The molecule has 0 radical (unpaired) electrons. The van der Waals surface area contributed by atoms with Crippen LogP contribution in [-0.4, -0.2) is 43.8 Å². The number of rotatable bonds is 11. The average molecular weight is 645 g/mol. The number of amides is 2. The molecule has 0 unspecified atom stereocenters. The van der Waals surface area contributed by atoms with Crippen LogP contribution in [0.25, 0.3) is 0 Å². The van der Waals surface area contributed by atoms with E-state index in [1.54, 1.807) is 57.2 Å². The van der Waals surface area contributed by atoms with Crippen molar-refractivity contribution in [1.29, 1.82) is 0 Å². The van der Waals surface area contributed by atoms with Crippen molar-refractivity contribution in [3.63, 3.8) is 0 Å². The van der Waals surface area contributed by atoms with E-state index in [1.165, 1.54) is 35.2 Å². The highest BCUT2D eigenvalue weighted by Crippen LogP contribution is 2.33.